The molecule has 22 heavy (non-hydrogen) atoms. The summed E-state index contributed by atoms with van der Waals surface area (Å²) in [6.07, 6.45) is -5.26. The molecule has 2 atom stereocenters. The highest BCUT2D eigenvalue weighted by atomic mass is 32.2. The second-order valence-electron chi connectivity index (χ2n) is 5.29. The minimum absolute atomic E-state index is 0.0265. The number of alkyl halides is 3. The summed E-state index contributed by atoms with van der Waals surface area (Å²) in [6, 6.07) is 1.62. The summed E-state index contributed by atoms with van der Waals surface area (Å²) >= 11 is 0. The van der Waals surface area contributed by atoms with Gasteiger partial charge in [0.05, 0.1) is 16.6 Å². The number of hydrogen-bond acceptors (Lipinski definition) is 3. The Morgan fingerprint density at radius 3 is 2.50 bits per heavy atom. The lowest BCUT2D eigenvalue weighted by atomic mass is 10.0. The summed E-state index contributed by atoms with van der Waals surface area (Å²) in [5.41, 5.74) is -1.61. The number of hydrogen-bond donors (Lipinski definition) is 1. The number of rotatable bonds is 3. The fraction of sp³-hybridized carbons (Fsp3) is 0.538. The largest absolute Gasteiger partial charge is 0.419 e. The van der Waals surface area contributed by atoms with Crippen molar-refractivity contribution in [3.05, 3.63) is 29.6 Å². The molecule has 124 valence electrons. The lowest BCUT2D eigenvalue weighted by Gasteiger charge is -2.18. The number of aliphatic hydroxyl groups excluding tert-OH is 1. The van der Waals surface area contributed by atoms with Crippen LogP contribution in [0.2, 0.25) is 0 Å². The van der Waals surface area contributed by atoms with Crippen LogP contribution in [0.15, 0.2) is 23.1 Å². The fourth-order valence-corrected chi connectivity index (χ4v) is 3.94. The molecule has 2 unspecified atom stereocenters. The number of halogens is 4. The second kappa shape index (κ2) is 5.78. The molecule has 1 N–H and O–H groups in total. The molecule has 1 aromatic carbocycles. The van der Waals surface area contributed by atoms with Gasteiger partial charge in [-0.1, -0.05) is 0 Å². The predicted octanol–water partition coefficient (Wildman–Crippen LogP) is 2.24. The van der Waals surface area contributed by atoms with Gasteiger partial charge in [0.25, 0.3) is 0 Å². The van der Waals surface area contributed by atoms with Crippen molar-refractivity contribution >= 4 is 10.0 Å². The molecule has 0 aromatic heterocycles. The Bertz CT molecular complexity index is 658. The number of sulfonamides is 1. The molecule has 0 radical (unpaired) electrons. The van der Waals surface area contributed by atoms with Crippen LogP contribution in [0.1, 0.15) is 18.9 Å². The van der Waals surface area contributed by atoms with Crippen molar-refractivity contribution in [1.29, 1.82) is 0 Å². The normalized spacial score (nSPS) is 22.0. The zero-order valence-corrected chi connectivity index (χ0v) is 12.5. The number of benzene rings is 1. The average Bonchev–Trinajstić information content (AvgIpc) is 2.87. The maximum absolute atomic E-state index is 13.2. The smallest absolute Gasteiger partial charge is 0.393 e. The third kappa shape index (κ3) is 3.26. The summed E-state index contributed by atoms with van der Waals surface area (Å²) in [7, 11) is -4.15. The molecule has 4 nitrogen and oxygen atoms in total. The van der Waals surface area contributed by atoms with Crippen LogP contribution in [0.4, 0.5) is 17.6 Å². The van der Waals surface area contributed by atoms with Crippen molar-refractivity contribution in [3.8, 4) is 0 Å². The Balaban J connectivity index is 2.35. The molecule has 1 aliphatic rings. The van der Waals surface area contributed by atoms with Crippen molar-refractivity contribution < 1.29 is 31.1 Å². The lowest BCUT2D eigenvalue weighted by molar-refractivity contribution is -0.140. The monoisotopic (exact) mass is 341 g/mol. The molecular weight excluding hydrogens is 326 g/mol. The van der Waals surface area contributed by atoms with Crippen LogP contribution in [-0.2, 0) is 16.2 Å². The maximum atomic E-state index is 13.2. The molecule has 9 heteroatoms. The van der Waals surface area contributed by atoms with E-state index in [1.54, 1.807) is 0 Å². The lowest BCUT2D eigenvalue weighted by Crippen LogP contribution is -2.30. The molecule has 1 fully saturated rings. The first-order chi connectivity index (χ1) is 10.0. The highest BCUT2D eigenvalue weighted by Gasteiger charge is 2.38. The molecule has 1 saturated heterocycles. The summed E-state index contributed by atoms with van der Waals surface area (Å²) in [6.45, 7) is 1.66. The van der Waals surface area contributed by atoms with Gasteiger partial charge in [0, 0.05) is 13.1 Å². The van der Waals surface area contributed by atoms with Gasteiger partial charge in [-0.3, -0.25) is 0 Å². The Morgan fingerprint density at radius 2 is 2.00 bits per heavy atom. The van der Waals surface area contributed by atoms with Gasteiger partial charge >= 0.3 is 6.18 Å². The molecule has 1 aromatic rings. The number of nitrogens with zero attached hydrogens (tertiary/aromatic N) is 1. The van der Waals surface area contributed by atoms with Crippen LogP contribution in [0, 0.1) is 11.7 Å². The van der Waals surface area contributed by atoms with Gasteiger partial charge in [-0.25, -0.2) is 12.8 Å². The van der Waals surface area contributed by atoms with E-state index < -0.39 is 38.6 Å². The van der Waals surface area contributed by atoms with E-state index in [1.807, 2.05) is 0 Å². The SMILES string of the molecule is CC(O)C1CCN(S(=O)(=O)c2ccc(F)c(C(F)(F)F)c2)C1. The molecule has 0 aliphatic carbocycles. The van der Waals surface area contributed by atoms with E-state index in [-0.39, 0.29) is 19.0 Å². The van der Waals surface area contributed by atoms with Gasteiger partial charge in [-0.15, -0.1) is 0 Å². The molecular formula is C13H15F4NO3S. The van der Waals surface area contributed by atoms with Crippen LogP contribution in [0.25, 0.3) is 0 Å². The fourth-order valence-electron chi connectivity index (χ4n) is 2.40. The van der Waals surface area contributed by atoms with Crippen LogP contribution in [0.5, 0.6) is 0 Å². The molecule has 1 aliphatic heterocycles. The minimum atomic E-state index is -4.97. The second-order valence-corrected chi connectivity index (χ2v) is 7.23. The molecule has 0 amide bonds. The van der Waals surface area contributed by atoms with E-state index in [0.29, 0.717) is 18.6 Å². The van der Waals surface area contributed by atoms with Gasteiger partial charge in [-0.05, 0) is 37.5 Å². The quantitative estimate of drug-likeness (QED) is 0.858. The Hall–Kier alpha value is -1.19. The molecule has 0 bridgehead atoms. The van der Waals surface area contributed by atoms with E-state index >= 15 is 0 Å². The van der Waals surface area contributed by atoms with Crippen molar-refractivity contribution in [2.45, 2.75) is 30.5 Å². The summed E-state index contributed by atoms with van der Waals surface area (Å²) in [5, 5.41) is 9.47. The zero-order chi connectivity index (χ0) is 16.7. The summed E-state index contributed by atoms with van der Waals surface area (Å²) in [5.74, 6) is -1.79. The predicted molar refractivity (Wildman–Crippen MR) is 69.9 cm³/mol. The van der Waals surface area contributed by atoms with Gasteiger partial charge in [0.1, 0.15) is 5.82 Å². The zero-order valence-electron chi connectivity index (χ0n) is 11.6. The first-order valence-electron chi connectivity index (χ1n) is 6.58. The Morgan fingerprint density at radius 1 is 1.36 bits per heavy atom. The van der Waals surface area contributed by atoms with E-state index in [0.717, 1.165) is 10.4 Å². The minimum Gasteiger partial charge on any atom is -0.393 e. The van der Waals surface area contributed by atoms with Gasteiger partial charge < -0.3 is 5.11 Å². The van der Waals surface area contributed by atoms with Gasteiger partial charge in [0.2, 0.25) is 10.0 Å². The topological polar surface area (TPSA) is 57.6 Å². The van der Waals surface area contributed by atoms with Gasteiger partial charge in [0.15, 0.2) is 0 Å². The van der Waals surface area contributed by atoms with E-state index in [1.165, 1.54) is 6.92 Å². The average molecular weight is 341 g/mol. The standard InChI is InChI=1S/C13H15F4NO3S/c1-8(19)9-4-5-18(7-9)22(20,21)10-2-3-12(14)11(6-10)13(15,16)17/h2-3,6,8-9,19H,4-5,7H2,1H3. The van der Waals surface area contributed by atoms with E-state index in [9.17, 15) is 31.1 Å². The molecule has 2 rings (SSSR count). The highest BCUT2D eigenvalue weighted by molar-refractivity contribution is 7.89. The van der Waals surface area contributed by atoms with Crippen LogP contribution in [-0.4, -0.2) is 37.0 Å². The molecule has 0 saturated carbocycles. The van der Waals surface area contributed by atoms with Crippen molar-refractivity contribution in [2.24, 2.45) is 5.92 Å². The first-order valence-corrected chi connectivity index (χ1v) is 8.02. The molecule has 1 heterocycles. The number of aliphatic hydroxyl groups is 1. The van der Waals surface area contributed by atoms with Crippen LogP contribution < -0.4 is 0 Å². The van der Waals surface area contributed by atoms with Crippen LogP contribution in [0.3, 0.4) is 0 Å². The Labute approximate surface area is 125 Å². The van der Waals surface area contributed by atoms with Crippen molar-refractivity contribution in [2.75, 3.05) is 13.1 Å². The van der Waals surface area contributed by atoms with Gasteiger partial charge in [-0.2, -0.15) is 17.5 Å². The summed E-state index contributed by atoms with van der Waals surface area (Å²) in [4.78, 5) is -0.604. The van der Waals surface area contributed by atoms with E-state index in [4.69, 9.17) is 0 Å². The third-order valence-corrected chi connectivity index (χ3v) is 5.61. The molecule has 0 spiro atoms. The summed E-state index contributed by atoms with van der Waals surface area (Å²) < 4.78 is 77.0. The van der Waals surface area contributed by atoms with Crippen molar-refractivity contribution in [3.63, 3.8) is 0 Å². The highest BCUT2D eigenvalue weighted by Crippen LogP contribution is 2.34. The first kappa shape index (κ1) is 17.2. The Kier molecular flexibility index (Phi) is 4.51. The third-order valence-electron chi connectivity index (χ3n) is 3.75. The van der Waals surface area contributed by atoms with Crippen molar-refractivity contribution in [1.82, 2.24) is 4.31 Å². The van der Waals surface area contributed by atoms with E-state index in [2.05, 4.69) is 0 Å². The van der Waals surface area contributed by atoms with Crippen LogP contribution >= 0.6 is 0 Å². The maximum Gasteiger partial charge on any atom is 0.419 e.